The topological polar surface area (TPSA) is 41.5 Å². The van der Waals surface area contributed by atoms with Crippen LogP contribution >= 0.6 is 0 Å². The number of nitrogens with one attached hydrogen (secondary N) is 1. The normalized spacial score (nSPS) is 12.7. The number of methoxy groups -OCH3 is 1. The number of aliphatic hydroxyl groups is 1. The third-order valence-electron chi connectivity index (χ3n) is 2.35. The highest BCUT2D eigenvalue weighted by Crippen LogP contribution is 2.08. The molecule has 84 valence electrons. The van der Waals surface area contributed by atoms with Crippen molar-refractivity contribution in [3.8, 4) is 0 Å². The van der Waals surface area contributed by atoms with Crippen molar-refractivity contribution in [3.63, 3.8) is 0 Å². The van der Waals surface area contributed by atoms with Crippen molar-refractivity contribution in [2.75, 3.05) is 13.7 Å². The Morgan fingerprint density at radius 3 is 2.60 bits per heavy atom. The van der Waals surface area contributed by atoms with Gasteiger partial charge < -0.3 is 15.2 Å². The van der Waals surface area contributed by atoms with Gasteiger partial charge in [0.1, 0.15) is 0 Å². The number of benzene rings is 1. The molecule has 1 atom stereocenters. The van der Waals surface area contributed by atoms with Gasteiger partial charge in [0.2, 0.25) is 0 Å². The zero-order valence-electron chi connectivity index (χ0n) is 9.36. The molecule has 0 radical (unpaired) electrons. The van der Waals surface area contributed by atoms with Gasteiger partial charge >= 0.3 is 0 Å². The molecule has 1 aromatic rings. The molecule has 3 heteroatoms. The van der Waals surface area contributed by atoms with Gasteiger partial charge in [0, 0.05) is 19.7 Å². The van der Waals surface area contributed by atoms with Crippen molar-refractivity contribution in [1.82, 2.24) is 5.32 Å². The molecule has 1 aromatic carbocycles. The van der Waals surface area contributed by atoms with Crippen molar-refractivity contribution in [1.29, 1.82) is 0 Å². The maximum atomic E-state index is 9.13. The molecule has 0 heterocycles. The van der Waals surface area contributed by atoms with Gasteiger partial charge in [0.05, 0.1) is 13.2 Å². The second kappa shape index (κ2) is 6.56. The van der Waals surface area contributed by atoms with E-state index < -0.39 is 0 Å². The van der Waals surface area contributed by atoms with Crippen LogP contribution in [0, 0.1) is 0 Å². The monoisotopic (exact) mass is 209 g/mol. The molecule has 0 fully saturated rings. The highest BCUT2D eigenvalue weighted by Gasteiger charge is 2.03. The summed E-state index contributed by atoms with van der Waals surface area (Å²) in [5, 5.41) is 12.5. The second-order valence-electron chi connectivity index (χ2n) is 3.66. The first-order chi connectivity index (χ1) is 7.27. The minimum atomic E-state index is 0.0938. The van der Waals surface area contributed by atoms with Crippen LogP contribution in [0.25, 0.3) is 0 Å². The van der Waals surface area contributed by atoms with E-state index in [1.807, 2.05) is 24.3 Å². The van der Waals surface area contributed by atoms with Crippen LogP contribution in [0.4, 0.5) is 0 Å². The third kappa shape index (κ3) is 4.00. The Morgan fingerprint density at radius 2 is 2.00 bits per heavy atom. The molecule has 0 bridgehead atoms. The predicted molar refractivity (Wildman–Crippen MR) is 60.5 cm³/mol. The number of rotatable bonds is 6. The maximum Gasteiger partial charge on any atom is 0.0685 e. The first kappa shape index (κ1) is 12.2. The van der Waals surface area contributed by atoms with Crippen molar-refractivity contribution in [3.05, 3.63) is 35.4 Å². The van der Waals surface area contributed by atoms with Crippen molar-refractivity contribution in [2.45, 2.75) is 26.1 Å². The standard InChI is InChI=1S/C12H19NO2/c1-10(9-15-2)13-7-11-5-3-4-6-12(11)8-14/h3-6,10,13-14H,7-9H2,1-2H3. The highest BCUT2D eigenvalue weighted by atomic mass is 16.5. The minimum Gasteiger partial charge on any atom is -0.392 e. The SMILES string of the molecule is COCC(C)NCc1ccccc1CO. The fourth-order valence-corrected chi connectivity index (χ4v) is 1.48. The van der Waals surface area contributed by atoms with Gasteiger partial charge in [-0.15, -0.1) is 0 Å². The zero-order valence-corrected chi connectivity index (χ0v) is 9.36. The lowest BCUT2D eigenvalue weighted by atomic mass is 10.1. The van der Waals surface area contributed by atoms with Gasteiger partial charge in [-0.05, 0) is 18.1 Å². The van der Waals surface area contributed by atoms with Gasteiger partial charge in [0.15, 0.2) is 0 Å². The zero-order chi connectivity index (χ0) is 11.1. The van der Waals surface area contributed by atoms with Crippen LogP contribution in [-0.4, -0.2) is 24.9 Å². The van der Waals surface area contributed by atoms with Crippen molar-refractivity contribution >= 4 is 0 Å². The smallest absolute Gasteiger partial charge is 0.0685 e. The van der Waals surface area contributed by atoms with Crippen LogP contribution in [-0.2, 0) is 17.9 Å². The van der Waals surface area contributed by atoms with Gasteiger partial charge in [-0.2, -0.15) is 0 Å². The van der Waals surface area contributed by atoms with E-state index >= 15 is 0 Å². The quantitative estimate of drug-likeness (QED) is 0.742. The Morgan fingerprint density at radius 1 is 1.33 bits per heavy atom. The van der Waals surface area contributed by atoms with E-state index in [2.05, 4.69) is 12.2 Å². The Kier molecular flexibility index (Phi) is 5.32. The molecule has 0 saturated heterocycles. The van der Waals surface area contributed by atoms with E-state index in [0.29, 0.717) is 12.6 Å². The molecule has 0 aliphatic rings. The second-order valence-corrected chi connectivity index (χ2v) is 3.66. The Balaban J connectivity index is 2.49. The van der Waals surface area contributed by atoms with Gasteiger partial charge in [-0.1, -0.05) is 24.3 Å². The lowest BCUT2D eigenvalue weighted by Crippen LogP contribution is -2.29. The average molecular weight is 209 g/mol. The van der Waals surface area contributed by atoms with E-state index in [1.54, 1.807) is 7.11 Å². The molecule has 0 aromatic heterocycles. The van der Waals surface area contributed by atoms with E-state index in [1.165, 1.54) is 0 Å². The maximum absolute atomic E-state index is 9.13. The number of hydrogen-bond donors (Lipinski definition) is 2. The summed E-state index contributed by atoms with van der Waals surface area (Å²) in [5.74, 6) is 0. The molecule has 2 N–H and O–H groups in total. The van der Waals surface area contributed by atoms with Crippen LogP contribution in [0.2, 0.25) is 0 Å². The summed E-state index contributed by atoms with van der Waals surface area (Å²) in [6.07, 6.45) is 0. The molecule has 0 aliphatic heterocycles. The molecule has 15 heavy (non-hydrogen) atoms. The van der Waals surface area contributed by atoms with Crippen LogP contribution in [0.3, 0.4) is 0 Å². The molecular weight excluding hydrogens is 190 g/mol. The fourth-order valence-electron chi connectivity index (χ4n) is 1.48. The molecule has 0 amide bonds. The molecule has 0 saturated carbocycles. The fraction of sp³-hybridized carbons (Fsp3) is 0.500. The summed E-state index contributed by atoms with van der Waals surface area (Å²) in [4.78, 5) is 0. The first-order valence-corrected chi connectivity index (χ1v) is 5.18. The molecular formula is C12H19NO2. The number of aliphatic hydroxyl groups excluding tert-OH is 1. The lowest BCUT2D eigenvalue weighted by Gasteiger charge is -2.14. The summed E-state index contributed by atoms with van der Waals surface area (Å²) >= 11 is 0. The van der Waals surface area contributed by atoms with Gasteiger partial charge in [-0.25, -0.2) is 0 Å². The van der Waals surface area contributed by atoms with Crippen molar-refractivity contribution in [2.24, 2.45) is 0 Å². The largest absolute Gasteiger partial charge is 0.392 e. The van der Waals surface area contributed by atoms with E-state index in [0.717, 1.165) is 17.7 Å². The number of ether oxygens (including phenoxy) is 1. The molecule has 3 nitrogen and oxygen atoms in total. The summed E-state index contributed by atoms with van der Waals surface area (Å²) < 4.78 is 5.04. The molecule has 1 unspecified atom stereocenters. The Labute approximate surface area is 91.1 Å². The van der Waals surface area contributed by atoms with E-state index in [4.69, 9.17) is 9.84 Å². The average Bonchev–Trinajstić information content (AvgIpc) is 2.27. The van der Waals surface area contributed by atoms with E-state index in [9.17, 15) is 0 Å². The van der Waals surface area contributed by atoms with Crippen molar-refractivity contribution < 1.29 is 9.84 Å². The van der Waals surface area contributed by atoms with Crippen LogP contribution in [0.1, 0.15) is 18.1 Å². The van der Waals surface area contributed by atoms with E-state index in [-0.39, 0.29) is 6.61 Å². The summed E-state index contributed by atoms with van der Waals surface area (Å²) in [5.41, 5.74) is 2.12. The summed E-state index contributed by atoms with van der Waals surface area (Å²) in [7, 11) is 1.69. The number of hydrogen-bond acceptors (Lipinski definition) is 3. The minimum absolute atomic E-state index is 0.0938. The predicted octanol–water partition coefficient (Wildman–Crippen LogP) is 1.30. The van der Waals surface area contributed by atoms with Crippen LogP contribution in [0.15, 0.2) is 24.3 Å². The first-order valence-electron chi connectivity index (χ1n) is 5.18. The van der Waals surface area contributed by atoms with Crippen LogP contribution in [0.5, 0.6) is 0 Å². The lowest BCUT2D eigenvalue weighted by molar-refractivity contribution is 0.171. The Bertz CT molecular complexity index is 289. The van der Waals surface area contributed by atoms with Gasteiger partial charge in [-0.3, -0.25) is 0 Å². The summed E-state index contributed by atoms with van der Waals surface area (Å²) in [6, 6.07) is 8.21. The van der Waals surface area contributed by atoms with Gasteiger partial charge in [0.25, 0.3) is 0 Å². The molecule has 0 aliphatic carbocycles. The van der Waals surface area contributed by atoms with Crippen LogP contribution < -0.4 is 5.32 Å². The summed E-state index contributed by atoms with van der Waals surface area (Å²) in [6.45, 7) is 3.63. The highest BCUT2D eigenvalue weighted by molar-refractivity contribution is 5.26. The molecule has 0 spiro atoms. The molecule has 1 rings (SSSR count). The third-order valence-corrected chi connectivity index (χ3v) is 2.35. The Hall–Kier alpha value is -0.900.